The number of fused-ring (bicyclic) bond motifs is 2. The molecular formula is C38H21Cu2N6Na3O13S3. The van der Waals surface area contributed by atoms with Crippen LogP contribution in [0.5, 0.6) is 23.0 Å². The zero-order valence-electron chi connectivity index (χ0n) is 33.4. The third-order valence-corrected chi connectivity index (χ3v) is 11.3. The molecule has 324 valence electrons. The van der Waals surface area contributed by atoms with Gasteiger partial charge in [0.15, 0.2) is 0 Å². The second-order valence-electron chi connectivity index (χ2n) is 12.8. The van der Waals surface area contributed by atoms with E-state index >= 15 is 0 Å². The molecule has 7 rings (SSSR count). The van der Waals surface area contributed by atoms with E-state index < -0.39 is 102 Å². The molecular weight excluding hydrogens is 1040 g/mol. The molecule has 0 saturated heterocycles. The van der Waals surface area contributed by atoms with Crippen LogP contribution in [0, 0.1) is 0 Å². The van der Waals surface area contributed by atoms with E-state index in [1.807, 2.05) is 6.07 Å². The van der Waals surface area contributed by atoms with Crippen molar-refractivity contribution in [1.82, 2.24) is 0 Å². The van der Waals surface area contributed by atoms with E-state index in [-0.39, 0.29) is 150 Å². The maximum Gasteiger partial charge on any atom is 2.00 e. The second kappa shape index (κ2) is 22.8. The van der Waals surface area contributed by atoms with Crippen LogP contribution in [-0.2, 0) is 64.5 Å². The summed E-state index contributed by atoms with van der Waals surface area (Å²) in [5, 5.41) is 69.6. The minimum atomic E-state index is -5.48. The van der Waals surface area contributed by atoms with Crippen molar-refractivity contribution < 1.29 is 182 Å². The predicted molar refractivity (Wildman–Crippen MR) is 204 cm³/mol. The Balaban J connectivity index is 0.00000290. The Morgan fingerprint density at radius 3 is 1.46 bits per heavy atom. The molecule has 0 aliphatic rings. The summed E-state index contributed by atoms with van der Waals surface area (Å²) in [5.74, 6) is -3.86. The van der Waals surface area contributed by atoms with Gasteiger partial charge in [-0.3, -0.25) is 0 Å². The molecule has 3 N–H and O–H groups in total. The Labute approximate surface area is 457 Å². The number of hydrogen-bond acceptors (Lipinski definition) is 19. The molecule has 7 aromatic carbocycles. The fourth-order valence-corrected chi connectivity index (χ4v) is 7.88. The van der Waals surface area contributed by atoms with E-state index in [0.29, 0.717) is 29.6 Å². The first-order chi connectivity index (χ1) is 28.2. The normalized spacial score (nSPS) is 11.6. The number of nitrogen functional groups attached to an aromatic ring is 1. The van der Waals surface area contributed by atoms with E-state index in [1.54, 1.807) is 30.3 Å². The largest absolute Gasteiger partial charge is 2.00 e. The minimum Gasteiger partial charge on any atom is -0.871 e. The molecule has 0 bridgehead atoms. The fourth-order valence-electron chi connectivity index (χ4n) is 6.05. The molecule has 0 amide bonds. The van der Waals surface area contributed by atoms with Gasteiger partial charge in [0.25, 0.3) is 0 Å². The van der Waals surface area contributed by atoms with Crippen molar-refractivity contribution in [2.75, 3.05) is 11.1 Å². The van der Waals surface area contributed by atoms with Gasteiger partial charge in [0.05, 0.1) is 37.4 Å². The van der Waals surface area contributed by atoms with Crippen molar-refractivity contribution in [3.63, 3.8) is 0 Å². The number of nitrogens with two attached hydrogens (primary N) is 1. The van der Waals surface area contributed by atoms with Crippen LogP contribution >= 0.6 is 0 Å². The SMILES string of the molecule is Nc1cc(S(=O)(=O)[O-])cc2cc(S(=O)(=O)[O-])c(N=Nc3ccc(-c4ccc(N=Nc5c(S(=O)(=O)[O-])cc6cc(Nc7ccccc7)ccc6c5[O-])c([O-])c4)cc3[O-])c([O-])c12.[Cu+2].[Cu+2].[Na+].[Na+].[Na+]. The third kappa shape index (κ3) is 12.9. The van der Waals surface area contributed by atoms with Gasteiger partial charge in [-0.2, -0.15) is 10.2 Å². The topological polar surface area (TPSA) is 351 Å². The van der Waals surface area contributed by atoms with E-state index in [4.69, 9.17) is 5.73 Å². The van der Waals surface area contributed by atoms with Gasteiger partial charge in [-0.15, -0.1) is 10.2 Å². The Hall–Kier alpha value is -3.17. The summed E-state index contributed by atoms with van der Waals surface area (Å²) in [7, 11) is -15.8. The van der Waals surface area contributed by atoms with Crippen molar-refractivity contribution >= 4 is 91.7 Å². The van der Waals surface area contributed by atoms with Gasteiger partial charge in [0.1, 0.15) is 30.4 Å². The Morgan fingerprint density at radius 1 is 0.492 bits per heavy atom. The van der Waals surface area contributed by atoms with Gasteiger partial charge in [-0.05, 0) is 93.3 Å². The number of nitrogens with zero attached hydrogens (tertiary/aromatic N) is 4. The maximum atomic E-state index is 13.4. The Morgan fingerprint density at radius 2 is 0.985 bits per heavy atom. The summed E-state index contributed by atoms with van der Waals surface area (Å²) in [6.45, 7) is 0. The number of rotatable bonds is 10. The average Bonchev–Trinajstić information content (AvgIpc) is 3.17. The van der Waals surface area contributed by atoms with Gasteiger partial charge in [0, 0.05) is 17.1 Å². The van der Waals surface area contributed by atoms with Crippen LogP contribution in [0.4, 0.5) is 39.8 Å². The summed E-state index contributed by atoms with van der Waals surface area (Å²) >= 11 is 0. The van der Waals surface area contributed by atoms with Gasteiger partial charge in [-0.1, -0.05) is 71.5 Å². The Bertz CT molecular complexity index is 3360. The molecule has 7 aromatic rings. The quantitative estimate of drug-likeness (QED) is 0.0568. The molecule has 19 nitrogen and oxygen atoms in total. The van der Waals surface area contributed by atoms with Crippen molar-refractivity contribution in [1.29, 1.82) is 0 Å². The summed E-state index contributed by atoms with van der Waals surface area (Å²) in [6.07, 6.45) is 0. The molecule has 0 unspecified atom stereocenters. The molecule has 2 radical (unpaired) electrons. The molecule has 0 aromatic heterocycles. The number of hydrogen-bond donors (Lipinski definition) is 2. The fraction of sp³-hybridized carbons (Fsp3) is 0. The molecule has 0 aliphatic heterocycles. The zero-order chi connectivity index (χ0) is 43.3. The summed E-state index contributed by atoms with van der Waals surface area (Å²) < 4.78 is 107. The van der Waals surface area contributed by atoms with Gasteiger partial charge in [0.2, 0.25) is 0 Å². The Kier molecular flexibility index (Phi) is 20.3. The van der Waals surface area contributed by atoms with Crippen molar-refractivity contribution in [3.05, 3.63) is 109 Å². The van der Waals surface area contributed by atoms with Crippen LogP contribution < -0.4 is 120 Å². The van der Waals surface area contributed by atoms with Crippen LogP contribution in [0.3, 0.4) is 0 Å². The first kappa shape index (κ1) is 58.0. The number of azo groups is 2. The van der Waals surface area contributed by atoms with Gasteiger partial charge in [-0.25, -0.2) is 25.3 Å². The smallest absolute Gasteiger partial charge is 0.871 e. The molecule has 0 aliphatic carbocycles. The maximum absolute atomic E-state index is 13.4. The number of para-hydroxylation sites is 1. The van der Waals surface area contributed by atoms with Crippen molar-refractivity contribution in [2.24, 2.45) is 20.5 Å². The van der Waals surface area contributed by atoms with Crippen LogP contribution in [-0.4, -0.2) is 38.9 Å². The minimum absolute atomic E-state index is 0. The predicted octanol–water partition coefficient (Wildman–Crippen LogP) is -4.17. The summed E-state index contributed by atoms with van der Waals surface area (Å²) in [5.41, 5.74) is 4.04. The van der Waals surface area contributed by atoms with E-state index in [0.717, 1.165) is 30.3 Å². The number of benzene rings is 7. The van der Waals surface area contributed by atoms with E-state index in [9.17, 15) is 59.3 Å². The number of anilines is 3. The van der Waals surface area contributed by atoms with Crippen LogP contribution in [0.25, 0.3) is 32.7 Å². The molecule has 0 atom stereocenters. The number of nitrogens with one attached hydrogen (secondary N) is 1. The van der Waals surface area contributed by atoms with Gasteiger partial charge >= 0.3 is 123 Å². The molecule has 65 heavy (non-hydrogen) atoms. The summed E-state index contributed by atoms with van der Waals surface area (Å²) in [6, 6.07) is 23.2. The first-order valence-corrected chi connectivity index (χ1v) is 20.9. The van der Waals surface area contributed by atoms with Crippen molar-refractivity contribution in [3.8, 4) is 34.1 Å². The molecule has 0 heterocycles. The van der Waals surface area contributed by atoms with Gasteiger partial charge < -0.3 is 45.1 Å². The van der Waals surface area contributed by atoms with E-state index in [1.165, 1.54) is 24.3 Å². The molecule has 0 saturated carbocycles. The van der Waals surface area contributed by atoms with Crippen molar-refractivity contribution in [2.45, 2.75) is 14.7 Å². The monoisotopic (exact) mass is 1060 g/mol. The standard InChI is InChI=1S/C38H28N6O13S3.2Cu.3Na/c39-27-18-25(58(49,50)51)13-22-17-33(60(55,56)57)36(38(48)34(22)27)44-42-29-11-7-20(15-31(29)46)19-6-10-28(30(45)14-19)41-43-35-32(59(52,53)54)16-21-12-24(8-9-26(21)37(35)47)40-23-4-2-1-3-5-23;;;;;/h1-18,40,45-48H,39H2,(H,49,50,51)(H,52,53,54)(H,55,56,57);;;;;/q;2*+2;3*+1/p-7. The molecule has 0 spiro atoms. The summed E-state index contributed by atoms with van der Waals surface area (Å²) in [4.78, 5) is -3.09. The second-order valence-corrected chi connectivity index (χ2v) is 16.8. The van der Waals surface area contributed by atoms with Crippen LogP contribution in [0.1, 0.15) is 0 Å². The third-order valence-electron chi connectivity index (χ3n) is 8.82. The van der Waals surface area contributed by atoms with Crippen LogP contribution in [0.2, 0.25) is 0 Å². The van der Waals surface area contributed by atoms with E-state index in [2.05, 4.69) is 25.8 Å². The van der Waals surface area contributed by atoms with Crippen LogP contribution in [0.15, 0.2) is 144 Å². The molecule has 27 heteroatoms. The zero-order valence-corrected chi connectivity index (χ0v) is 43.7. The average molecular weight is 1060 g/mol. The first-order valence-electron chi connectivity index (χ1n) is 16.7. The molecule has 0 fully saturated rings.